The van der Waals surface area contributed by atoms with Crippen LogP contribution < -0.4 is 5.73 Å². The second kappa shape index (κ2) is 2.82. The lowest BCUT2D eigenvalue weighted by Gasteiger charge is -2.54. The molecule has 0 unspecified atom stereocenters. The van der Waals surface area contributed by atoms with E-state index in [-0.39, 0.29) is 11.4 Å². The summed E-state index contributed by atoms with van der Waals surface area (Å²) in [5.74, 6) is 0.154. The molecule has 0 bridgehead atoms. The average molecular weight is 200 g/mol. The predicted molar refractivity (Wildman–Crippen MR) is 57.3 cm³/mol. The predicted octanol–water partition coefficient (Wildman–Crippen LogP) is 0.350. The van der Waals surface area contributed by atoms with Crippen molar-refractivity contribution >= 4 is 14.7 Å². The van der Waals surface area contributed by atoms with Gasteiger partial charge in [-0.05, 0) is 20.8 Å². The Balaban J connectivity index is 2.73. The van der Waals surface area contributed by atoms with Crippen molar-refractivity contribution in [3.8, 4) is 0 Å². The van der Waals surface area contributed by atoms with E-state index in [2.05, 4.69) is 13.1 Å². The third-order valence-corrected chi connectivity index (χ3v) is 5.39. The smallest absolute Gasteiger partial charge is 0.241 e. The first-order chi connectivity index (χ1) is 5.69. The topological polar surface area (TPSA) is 46.3 Å². The van der Waals surface area contributed by atoms with Crippen LogP contribution in [0.4, 0.5) is 0 Å². The van der Waals surface area contributed by atoms with E-state index in [9.17, 15) is 4.79 Å². The van der Waals surface area contributed by atoms with Crippen LogP contribution in [0.15, 0.2) is 0 Å². The van der Waals surface area contributed by atoms with Crippen molar-refractivity contribution in [3.63, 3.8) is 0 Å². The molecule has 13 heavy (non-hydrogen) atoms. The fraction of sp³-hybridized carbons (Fsp3) is 0.889. The fourth-order valence-electron chi connectivity index (χ4n) is 1.53. The van der Waals surface area contributed by atoms with Crippen molar-refractivity contribution in [3.05, 3.63) is 0 Å². The van der Waals surface area contributed by atoms with Gasteiger partial charge in [0, 0.05) is 12.1 Å². The number of β-lactam (4-membered cyclic amide) rings is 1. The molecule has 1 fully saturated rings. The first-order valence-electron chi connectivity index (χ1n) is 4.80. The highest BCUT2D eigenvalue weighted by Gasteiger charge is 2.54. The Kier molecular flexibility index (Phi) is 2.32. The summed E-state index contributed by atoms with van der Waals surface area (Å²) in [4.78, 5) is 13.7. The van der Waals surface area contributed by atoms with Crippen LogP contribution in [0.3, 0.4) is 0 Å². The van der Waals surface area contributed by atoms with Crippen molar-refractivity contribution in [2.24, 2.45) is 5.73 Å². The van der Waals surface area contributed by atoms with E-state index in [0.29, 0.717) is 0 Å². The Labute approximate surface area is 81.9 Å². The zero-order valence-corrected chi connectivity index (χ0v) is 10.4. The molecule has 76 valence electrons. The number of nitrogens with two attached hydrogens (primary N) is 1. The highest BCUT2D eigenvalue weighted by molar-refractivity contribution is 6.65. The van der Waals surface area contributed by atoms with Gasteiger partial charge in [0.2, 0.25) is 5.91 Å². The lowest BCUT2D eigenvalue weighted by molar-refractivity contribution is -0.152. The molecular weight excluding hydrogens is 180 g/mol. The fourth-order valence-corrected chi connectivity index (χ4v) is 2.73. The van der Waals surface area contributed by atoms with E-state index < -0.39 is 14.0 Å². The third kappa shape index (κ3) is 1.53. The molecule has 0 aromatic heterocycles. The highest BCUT2D eigenvalue weighted by atomic mass is 28.3. The number of hydrogen-bond acceptors (Lipinski definition) is 2. The molecule has 1 rings (SSSR count). The number of carbonyl (C=O) groups is 1. The van der Waals surface area contributed by atoms with Gasteiger partial charge in [-0.25, -0.2) is 0 Å². The second-order valence-corrected chi connectivity index (χ2v) is 8.60. The summed E-state index contributed by atoms with van der Waals surface area (Å²) in [7, 11) is -1.07. The van der Waals surface area contributed by atoms with Crippen LogP contribution in [0, 0.1) is 0 Å². The monoisotopic (exact) mass is 200 g/mol. The number of likely N-dealkylation sites (tertiary alicyclic amines) is 1. The Bertz CT molecular complexity index is 234. The molecule has 1 saturated heterocycles. The van der Waals surface area contributed by atoms with Gasteiger partial charge in [-0.2, -0.15) is 0 Å². The highest BCUT2D eigenvalue weighted by Crippen LogP contribution is 2.30. The zero-order valence-electron chi connectivity index (χ0n) is 9.22. The largest absolute Gasteiger partial charge is 0.334 e. The molecule has 0 aromatic carbocycles. The van der Waals surface area contributed by atoms with Crippen molar-refractivity contribution < 1.29 is 4.79 Å². The normalized spacial score (nSPS) is 29.5. The molecule has 4 heteroatoms. The molecule has 3 nitrogen and oxygen atoms in total. The third-order valence-electron chi connectivity index (χ3n) is 2.90. The summed E-state index contributed by atoms with van der Waals surface area (Å²) in [6.07, 6.45) is 0. The summed E-state index contributed by atoms with van der Waals surface area (Å²) in [5.41, 5.74) is 5.98. The number of amides is 1. The molecule has 0 aliphatic carbocycles. The zero-order chi connectivity index (χ0) is 10.4. The van der Waals surface area contributed by atoms with Gasteiger partial charge in [-0.1, -0.05) is 13.1 Å². The molecule has 1 atom stereocenters. The summed E-state index contributed by atoms with van der Waals surface area (Å²) in [6.45, 7) is 11.2. The molecule has 0 saturated carbocycles. The maximum Gasteiger partial charge on any atom is 0.241 e. The van der Waals surface area contributed by atoms with E-state index in [1.807, 2.05) is 25.7 Å². The maximum absolute atomic E-state index is 11.8. The summed E-state index contributed by atoms with van der Waals surface area (Å²) >= 11 is 0. The lowest BCUT2D eigenvalue weighted by Crippen LogP contribution is -2.80. The molecular formula is C9H20N2OSi. The Morgan fingerprint density at radius 3 is 2.15 bits per heavy atom. The van der Waals surface area contributed by atoms with E-state index in [0.717, 1.165) is 6.54 Å². The van der Waals surface area contributed by atoms with Crippen molar-refractivity contribution in [1.29, 1.82) is 0 Å². The minimum absolute atomic E-state index is 0.0662. The van der Waals surface area contributed by atoms with Gasteiger partial charge in [0.15, 0.2) is 0 Å². The molecule has 1 aliphatic heterocycles. The van der Waals surface area contributed by atoms with E-state index >= 15 is 0 Å². The van der Waals surface area contributed by atoms with E-state index in [1.165, 1.54) is 0 Å². The van der Waals surface area contributed by atoms with Crippen LogP contribution in [-0.4, -0.2) is 36.8 Å². The summed E-state index contributed by atoms with van der Waals surface area (Å²) < 4.78 is 0. The Hall–Kier alpha value is -0.353. The molecule has 0 aromatic rings. The van der Waals surface area contributed by atoms with Crippen LogP contribution >= 0.6 is 0 Å². The van der Waals surface area contributed by atoms with Crippen LogP contribution in [-0.2, 0) is 4.79 Å². The minimum atomic E-state index is -1.07. The van der Waals surface area contributed by atoms with Crippen molar-refractivity contribution in [2.75, 3.05) is 6.54 Å². The Morgan fingerprint density at radius 1 is 1.46 bits per heavy atom. The number of carbonyl (C=O) groups excluding carboxylic acids is 1. The van der Waals surface area contributed by atoms with Crippen molar-refractivity contribution in [1.82, 2.24) is 4.90 Å². The SMILES string of the molecule is C[SiH](C)[C@@]1(N)CN(C(C)(C)C)C1=O. The van der Waals surface area contributed by atoms with Gasteiger partial charge in [0.1, 0.15) is 0 Å². The first kappa shape index (κ1) is 10.7. The maximum atomic E-state index is 11.8. The van der Waals surface area contributed by atoms with E-state index in [4.69, 9.17) is 5.73 Å². The number of nitrogens with zero attached hydrogens (tertiary/aromatic N) is 1. The van der Waals surface area contributed by atoms with Crippen LogP contribution in [0.2, 0.25) is 13.1 Å². The first-order valence-corrected chi connectivity index (χ1v) is 7.69. The molecule has 1 aliphatic rings. The molecule has 0 spiro atoms. The lowest BCUT2D eigenvalue weighted by atomic mass is 9.96. The second-order valence-electron chi connectivity index (χ2n) is 5.26. The summed E-state index contributed by atoms with van der Waals surface area (Å²) in [5, 5.41) is -0.465. The number of rotatable bonds is 1. The van der Waals surface area contributed by atoms with E-state index in [1.54, 1.807) is 0 Å². The van der Waals surface area contributed by atoms with Gasteiger partial charge in [0.25, 0.3) is 0 Å². The quantitative estimate of drug-likeness (QED) is 0.490. The van der Waals surface area contributed by atoms with Crippen LogP contribution in [0.5, 0.6) is 0 Å². The van der Waals surface area contributed by atoms with Gasteiger partial charge < -0.3 is 10.6 Å². The average Bonchev–Trinajstić information content (AvgIpc) is 1.96. The number of hydrogen-bond donors (Lipinski definition) is 1. The molecule has 0 radical (unpaired) electrons. The van der Waals surface area contributed by atoms with Gasteiger partial charge in [-0.3, -0.25) is 4.79 Å². The van der Waals surface area contributed by atoms with Gasteiger partial charge in [0.05, 0.1) is 14.0 Å². The van der Waals surface area contributed by atoms with Gasteiger partial charge in [-0.15, -0.1) is 0 Å². The molecule has 1 heterocycles. The minimum Gasteiger partial charge on any atom is -0.334 e. The van der Waals surface area contributed by atoms with Crippen molar-refractivity contribution in [2.45, 2.75) is 44.6 Å². The summed E-state index contributed by atoms with van der Waals surface area (Å²) in [6, 6.07) is 0. The van der Waals surface area contributed by atoms with Crippen LogP contribution in [0.25, 0.3) is 0 Å². The standard InChI is InChI=1S/C9H20N2OSi/c1-8(2,3)11-6-9(10,7(11)12)13(4)5/h13H,6,10H2,1-5H3/t9-/m0/s1. The van der Waals surface area contributed by atoms with Crippen LogP contribution in [0.1, 0.15) is 20.8 Å². The molecule has 2 N–H and O–H groups in total. The van der Waals surface area contributed by atoms with Gasteiger partial charge >= 0.3 is 0 Å². The molecule has 1 amide bonds. The Morgan fingerprint density at radius 2 is 1.92 bits per heavy atom.